The number of halogens is 4. The van der Waals surface area contributed by atoms with E-state index in [1.54, 1.807) is 29.2 Å². The van der Waals surface area contributed by atoms with E-state index in [0.29, 0.717) is 42.4 Å². The third-order valence-corrected chi connectivity index (χ3v) is 7.64. The van der Waals surface area contributed by atoms with Crippen LogP contribution < -0.4 is 5.32 Å². The molecule has 10 nitrogen and oxygen atoms in total. The summed E-state index contributed by atoms with van der Waals surface area (Å²) >= 11 is 0. The van der Waals surface area contributed by atoms with Gasteiger partial charge in [0.15, 0.2) is 0 Å². The zero-order valence-corrected chi connectivity index (χ0v) is 22.9. The van der Waals surface area contributed by atoms with Gasteiger partial charge in [-0.3, -0.25) is 9.59 Å². The van der Waals surface area contributed by atoms with E-state index in [-0.39, 0.29) is 35.4 Å². The van der Waals surface area contributed by atoms with Crippen LogP contribution >= 0.6 is 0 Å². The molecule has 1 aliphatic carbocycles. The number of piperidine rings is 1. The Bertz CT molecular complexity index is 1610. The van der Waals surface area contributed by atoms with E-state index in [2.05, 4.69) is 25.8 Å². The molecule has 2 amide bonds. The average molecular weight is 598 g/mol. The van der Waals surface area contributed by atoms with E-state index in [0.717, 1.165) is 37.8 Å². The molecule has 0 radical (unpaired) electrons. The maximum Gasteiger partial charge on any atom is 0.314 e. The summed E-state index contributed by atoms with van der Waals surface area (Å²) in [6.45, 7) is 1.38. The van der Waals surface area contributed by atoms with E-state index >= 15 is 0 Å². The van der Waals surface area contributed by atoms with Gasteiger partial charge in [-0.2, -0.15) is 8.78 Å². The first-order valence-corrected chi connectivity index (χ1v) is 13.9. The monoisotopic (exact) mass is 597 g/mol. The minimum atomic E-state index is -3.01. The molecule has 4 aromatic rings. The van der Waals surface area contributed by atoms with Crippen molar-refractivity contribution in [1.82, 2.24) is 35.4 Å². The Labute approximate surface area is 243 Å². The lowest BCUT2D eigenvalue weighted by molar-refractivity contribution is -0.126. The molecular weight excluding hydrogens is 570 g/mol. The molecule has 1 saturated heterocycles. The van der Waals surface area contributed by atoms with Crippen LogP contribution in [0.3, 0.4) is 0 Å². The molecule has 224 valence electrons. The second kappa shape index (κ2) is 11.9. The number of hydrogen-bond donors (Lipinski definition) is 1. The number of amides is 2. The fourth-order valence-electron chi connectivity index (χ4n) is 5.04. The second-order valence-corrected chi connectivity index (χ2v) is 10.8. The Morgan fingerprint density at radius 3 is 2.42 bits per heavy atom. The zero-order valence-electron chi connectivity index (χ0n) is 22.9. The molecule has 1 aliphatic heterocycles. The van der Waals surface area contributed by atoms with Crippen LogP contribution in [0.25, 0.3) is 22.7 Å². The quantitative estimate of drug-likeness (QED) is 0.279. The summed E-state index contributed by atoms with van der Waals surface area (Å²) in [4.78, 5) is 27.4. The highest BCUT2D eigenvalue weighted by molar-refractivity contribution is 5.95. The van der Waals surface area contributed by atoms with E-state index < -0.39 is 29.8 Å². The Morgan fingerprint density at radius 2 is 1.74 bits per heavy atom. The number of hydrogen-bond acceptors (Lipinski definition) is 7. The van der Waals surface area contributed by atoms with Crippen LogP contribution in [0.5, 0.6) is 0 Å². The maximum absolute atomic E-state index is 14.8. The fraction of sp³-hybridized carbons (Fsp3) is 0.379. The smallest absolute Gasteiger partial charge is 0.314 e. The first-order valence-electron chi connectivity index (χ1n) is 13.9. The molecule has 1 saturated carbocycles. The third kappa shape index (κ3) is 6.42. The number of rotatable bonds is 9. The first-order chi connectivity index (χ1) is 20.7. The molecule has 1 N–H and O–H groups in total. The molecule has 2 aromatic heterocycles. The van der Waals surface area contributed by atoms with Crippen molar-refractivity contribution in [2.45, 2.75) is 38.7 Å². The van der Waals surface area contributed by atoms with Gasteiger partial charge in [-0.1, -0.05) is 17.3 Å². The van der Waals surface area contributed by atoms with Crippen LogP contribution in [0.15, 0.2) is 47.0 Å². The van der Waals surface area contributed by atoms with Gasteiger partial charge in [0.2, 0.25) is 11.8 Å². The van der Waals surface area contributed by atoms with E-state index in [9.17, 15) is 27.2 Å². The van der Waals surface area contributed by atoms with Crippen LogP contribution in [0.2, 0.25) is 0 Å². The Kier molecular flexibility index (Phi) is 7.91. The highest BCUT2D eigenvalue weighted by Crippen LogP contribution is 2.29. The van der Waals surface area contributed by atoms with E-state index in [1.165, 1.54) is 10.9 Å². The molecule has 6 rings (SSSR count). The van der Waals surface area contributed by atoms with Gasteiger partial charge in [-0.25, -0.2) is 13.5 Å². The normalized spacial score (nSPS) is 17.0. The van der Waals surface area contributed by atoms with Gasteiger partial charge in [0.05, 0.1) is 18.7 Å². The van der Waals surface area contributed by atoms with Crippen molar-refractivity contribution in [3.8, 4) is 22.7 Å². The standard InChI is InChI=1S/C29H27F4N7O3/c30-22-10-20(27-36-37-28(43-27)25(32)33)11-23(31)21(22)14-40-15-24(35-38-40)17-5-7-18(8-6-17)29(42)39-9-1-2-19(13-39)26(41)34-12-16-3-4-16/h5-8,10-11,15-16,19,25H,1-4,9,12-14H2,(H,34,41). The van der Waals surface area contributed by atoms with Gasteiger partial charge in [-0.05, 0) is 55.9 Å². The molecule has 0 spiro atoms. The van der Waals surface area contributed by atoms with Crippen molar-refractivity contribution in [3.05, 3.63) is 71.2 Å². The van der Waals surface area contributed by atoms with Crippen molar-refractivity contribution in [2.24, 2.45) is 11.8 Å². The van der Waals surface area contributed by atoms with Gasteiger partial charge in [-0.15, -0.1) is 15.3 Å². The number of nitrogens with one attached hydrogen (secondary N) is 1. The zero-order chi connectivity index (χ0) is 30.1. The van der Waals surface area contributed by atoms with Gasteiger partial charge in [0, 0.05) is 41.9 Å². The number of alkyl halides is 2. The molecule has 14 heteroatoms. The average Bonchev–Trinajstić information content (AvgIpc) is 3.49. The van der Waals surface area contributed by atoms with Crippen LogP contribution in [0.4, 0.5) is 17.6 Å². The van der Waals surface area contributed by atoms with Crippen molar-refractivity contribution in [3.63, 3.8) is 0 Å². The molecular formula is C29H27F4N7O3. The molecule has 1 unspecified atom stereocenters. The highest BCUT2D eigenvalue weighted by Gasteiger charge is 2.30. The first kappa shape index (κ1) is 28.5. The van der Waals surface area contributed by atoms with Gasteiger partial charge < -0.3 is 14.6 Å². The minimum Gasteiger partial charge on any atom is -0.415 e. The molecule has 0 bridgehead atoms. The van der Waals surface area contributed by atoms with Gasteiger partial charge in [0.25, 0.3) is 11.8 Å². The van der Waals surface area contributed by atoms with Gasteiger partial charge >= 0.3 is 6.43 Å². The van der Waals surface area contributed by atoms with E-state index in [1.807, 2.05) is 0 Å². The SMILES string of the molecule is O=C(NCC1CC1)C1CCCN(C(=O)c2ccc(-c3cn(Cc4c(F)cc(-c5nnc(C(F)F)o5)cc4F)nn3)cc2)C1. The van der Waals surface area contributed by atoms with Crippen molar-refractivity contribution in [1.29, 1.82) is 0 Å². The number of nitrogens with zero attached hydrogens (tertiary/aromatic N) is 6. The molecule has 1 atom stereocenters. The topological polar surface area (TPSA) is 119 Å². The molecule has 2 aliphatic rings. The summed E-state index contributed by atoms with van der Waals surface area (Å²) < 4.78 is 61.0. The maximum atomic E-state index is 14.8. The number of carbonyl (C=O) groups is 2. The molecule has 2 aromatic carbocycles. The largest absolute Gasteiger partial charge is 0.415 e. The van der Waals surface area contributed by atoms with Crippen LogP contribution in [0.1, 0.15) is 53.9 Å². The minimum absolute atomic E-state index is 0.00817. The molecule has 43 heavy (non-hydrogen) atoms. The number of likely N-dealkylation sites (tertiary alicyclic amines) is 1. The summed E-state index contributed by atoms with van der Waals surface area (Å²) in [5.74, 6) is -3.05. The molecule has 3 heterocycles. The summed E-state index contributed by atoms with van der Waals surface area (Å²) in [7, 11) is 0. The van der Waals surface area contributed by atoms with E-state index in [4.69, 9.17) is 4.42 Å². The Hall–Kier alpha value is -4.62. The number of aromatic nitrogens is 5. The fourth-order valence-corrected chi connectivity index (χ4v) is 5.04. The van der Waals surface area contributed by atoms with Crippen molar-refractivity contribution in [2.75, 3.05) is 19.6 Å². The number of carbonyl (C=O) groups excluding carboxylic acids is 2. The molecule has 2 fully saturated rings. The van der Waals surface area contributed by atoms with Crippen LogP contribution in [-0.2, 0) is 11.3 Å². The van der Waals surface area contributed by atoms with Crippen LogP contribution in [0, 0.1) is 23.5 Å². The Balaban J connectivity index is 1.09. The predicted molar refractivity (Wildman–Crippen MR) is 144 cm³/mol. The highest BCUT2D eigenvalue weighted by atomic mass is 19.3. The Morgan fingerprint density at radius 1 is 1.00 bits per heavy atom. The lowest BCUT2D eigenvalue weighted by Crippen LogP contribution is -2.45. The van der Waals surface area contributed by atoms with Crippen LogP contribution in [-0.4, -0.2) is 61.5 Å². The van der Waals surface area contributed by atoms with Crippen molar-refractivity contribution < 1.29 is 31.6 Å². The third-order valence-electron chi connectivity index (χ3n) is 7.64. The number of benzene rings is 2. The predicted octanol–water partition coefficient (Wildman–Crippen LogP) is 4.64. The lowest BCUT2D eigenvalue weighted by atomic mass is 9.96. The summed E-state index contributed by atoms with van der Waals surface area (Å²) in [5, 5.41) is 17.6. The summed E-state index contributed by atoms with van der Waals surface area (Å²) in [6, 6.07) is 8.59. The summed E-state index contributed by atoms with van der Waals surface area (Å²) in [6.07, 6.45) is 2.33. The lowest BCUT2D eigenvalue weighted by Gasteiger charge is -2.32. The summed E-state index contributed by atoms with van der Waals surface area (Å²) in [5.41, 5.74) is 1.04. The second-order valence-electron chi connectivity index (χ2n) is 10.8. The van der Waals surface area contributed by atoms with Gasteiger partial charge in [0.1, 0.15) is 17.3 Å². The van der Waals surface area contributed by atoms with Crippen molar-refractivity contribution >= 4 is 11.8 Å².